The van der Waals surface area contributed by atoms with Crippen LogP contribution in [0.2, 0.25) is 0 Å². The molecule has 8 nitrogen and oxygen atoms in total. The fourth-order valence-corrected chi connectivity index (χ4v) is 3.82. The SMILES string of the molecule is Cc1csc(=O)n1CC(=O)OCC(=O)Nc1cc(-c2ccccc2)nn1-c1ccccc1. The summed E-state index contributed by atoms with van der Waals surface area (Å²) >= 11 is 1.01. The summed E-state index contributed by atoms with van der Waals surface area (Å²) in [5, 5.41) is 9.04. The zero-order valence-corrected chi connectivity index (χ0v) is 18.0. The minimum atomic E-state index is -0.662. The Kier molecular flexibility index (Phi) is 6.27. The predicted octanol–water partition coefficient (Wildman–Crippen LogP) is 3.25. The van der Waals surface area contributed by atoms with E-state index in [4.69, 9.17) is 4.74 Å². The standard InChI is InChI=1S/C23H20N4O4S/c1-16-15-32-23(30)26(16)13-22(29)31-14-21(28)24-20-12-19(17-8-4-2-5-9-17)25-27(20)18-10-6-3-7-11-18/h2-12,15H,13-14H2,1H3,(H,24,28). The van der Waals surface area contributed by atoms with Crippen molar-refractivity contribution in [3.8, 4) is 16.9 Å². The summed E-state index contributed by atoms with van der Waals surface area (Å²) in [6.45, 7) is 1.02. The number of nitrogens with one attached hydrogen (secondary N) is 1. The Labute approximate surface area is 187 Å². The van der Waals surface area contributed by atoms with Crippen LogP contribution in [-0.4, -0.2) is 32.8 Å². The molecule has 0 radical (unpaired) electrons. The van der Waals surface area contributed by atoms with E-state index in [0.717, 1.165) is 22.6 Å². The Morgan fingerprint density at radius 3 is 2.41 bits per heavy atom. The molecule has 9 heteroatoms. The molecule has 2 aromatic carbocycles. The topological polar surface area (TPSA) is 95.2 Å². The quantitative estimate of drug-likeness (QED) is 0.438. The smallest absolute Gasteiger partial charge is 0.326 e. The fraction of sp³-hybridized carbons (Fsp3) is 0.130. The molecule has 1 N–H and O–H groups in total. The minimum Gasteiger partial charge on any atom is -0.454 e. The molecule has 0 spiro atoms. The molecule has 2 heterocycles. The van der Waals surface area contributed by atoms with Crippen molar-refractivity contribution in [2.45, 2.75) is 13.5 Å². The first-order valence-corrected chi connectivity index (χ1v) is 10.7. The molecule has 0 aliphatic rings. The number of thiazole rings is 1. The average Bonchev–Trinajstić information content (AvgIpc) is 3.37. The van der Waals surface area contributed by atoms with Crippen LogP contribution in [0.25, 0.3) is 16.9 Å². The van der Waals surface area contributed by atoms with Crippen LogP contribution in [0.3, 0.4) is 0 Å². The van der Waals surface area contributed by atoms with Crippen molar-refractivity contribution in [2.75, 3.05) is 11.9 Å². The maximum atomic E-state index is 12.5. The molecule has 1 amide bonds. The number of para-hydroxylation sites is 1. The van der Waals surface area contributed by atoms with E-state index in [1.807, 2.05) is 60.7 Å². The Hall–Kier alpha value is -3.98. The van der Waals surface area contributed by atoms with E-state index in [1.165, 1.54) is 4.57 Å². The number of anilines is 1. The normalized spacial score (nSPS) is 10.7. The van der Waals surface area contributed by atoms with Gasteiger partial charge in [-0.25, -0.2) is 4.68 Å². The highest BCUT2D eigenvalue weighted by molar-refractivity contribution is 7.07. The Bertz CT molecular complexity index is 1290. The molecular formula is C23H20N4O4S. The zero-order chi connectivity index (χ0) is 22.5. The van der Waals surface area contributed by atoms with Crippen LogP contribution in [0.5, 0.6) is 0 Å². The number of nitrogens with zero attached hydrogens (tertiary/aromatic N) is 3. The first kappa shape index (κ1) is 21.3. The number of benzene rings is 2. The maximum Gasteiger partial charge on any atom is 0.326 e. The number of rotatable bonds is 7. The monoisotopic (exact) mass is 448 g/mol. The van der Waals surface area contributed by atoms with Crippen LogP contribution >= 0.6 is 11.3 Å². The molecule has 0 saturated heterocycles. The number of ether oxygens (including phenoxy) is 1. The van der Waals surface area contributed by atoms with Crippen LogP contribution < -0.4 is 10.2 Å². The van der Waals surface area contributed by atoms with E-state index in [-0.39, 0.29) is 11.4 Å². The molecule has 32 heavy (non-hydrogen) atoms. The minimum absolute atomic E-state index is 0.235. The summed E-state index contributed by atoms with van der Waals surface area (Å²) in [5.41, 5.74) is 3.03. The second-order valence-corrected chi connectivity index (χ2v) is 7.79. The number of carbonyl (C=O) groups excluding carboxylic acids is 2. The molecule has 0 bridgehead atoms. The Morgan fingerprint density at radius 1 is 1.06 bits per heavy atom. The summed E-state index contributed by atoms with van der Waals surface area (Å²) in [4.78, 5) is 36.0. The maximum absolute atomic E-state index is 12.5. The van der Waals surface area contributed by atoms with E-state index in [0.29, 0.717) is 17.2 Å². The molecule has 4 aromatic rings. The molecule has 0 atom stereocenters. The lowest BCUT2D eigenvalue weighted by molar-refractivity contribution is -0.147. The second-order valence-electron chi connectivity index (χ2n) is 6.97. The van der Waals surface area contributed by atoms with Crippen LogP contribution in [0.4, 0.5) is 5.82 Å². The lowest BCUT2D eigenvalue weighted by Crippen LogP contribution is -2.26. The molecule has 0 aliphatic carbocycles. The number of carbonyl (C=O) groups is 2. The first-order chi connectivity index (χ1) is 15.5. The lowest BCUT2D eigenvalue weighted by atomic mass is 10.2. The molecule has 0 aliphatic heterocycles. The van der Waals surface area contributed by atoms with E-state index < -0.39 is 18.5 Å². The lowest BCUT2D eigenvalue weighted by Gasteiger charge is -2.09. The van der Waals surface area contributed by atoms with Crippen molar-refractivity contribution >= 4 is 29.0 Å². The van der Waals surface area contributed by atoms with Crippen molar-refractivity contribution in [3.63, 3.8) is 0 Å². The van der Waals surface area contributed by atoms with Gasteiger partial charge in [-0.1, -0.05) is 59.9 Å². The number of esters is 1. The van der Waals surface area contributed by atoms with E-state index in [2.05, 4.69) is 10.4 Å². The number of amides is 1. The molecule has 0 unspecified atom stereocenters. The van der Waals surface area contributed by atoms with E-state index in [9.17, 15) is 14.4 Å². The van der Waals surface area contributed by atoms with E-state index in [1.54, 1.807) is 23.1 Å². The number of hydrogen-bond acceptors (Lipinski definition) is 6. The van der Waals surface area contributed by atoms with Gasteiger partial charge in [-0.3, -0.25) is 19.0 Å². The van der Waals surface area contributed by atoms with Gasteiger partial charge in [-0.15, -0.1) is 0 Å². The van der Waals surface area contributed by atoms with Crippen LogP contribution in [0, 0.1) is 6.92 Å². The Morgan fingerprint density at radius 2 is 1.75 bits per heavy atom. The van der Waals surface area contributed by atoms with Crippen molar-refractivity contribution in [2.24, 2.45) is 0 Å². The molecule has 162 valence electrons. The van der Waals surface area contributed by atoms with Gasteiger partial charge < -0.3 is 10.1 Å². The number of aryl methyl sites for hydroxylation is 1. The molecule has 2 aromatic heterocycles. The van der Waals surface area contributed by atoms with Crippen LogP contribution in [0.15, 0.2) is 76.9 Å². The van der Waals surface area contributed by atoms with Gasteiger partial charge in [0.1, 0.15) is 12.4 Å². The summed E-state index contributed by atoms with van der Waals surface area (Å²) in [6.07, 6.45) is 0. The fourth-order valence-electron chi connectivity index (χ4n) is 3.08. The number of hydrogen-bond donors (Lipinski definition) is 1. The molecule has 0 fully saturated rings. The van der Waals surface area contributed by atoms with Gasteiger partial charge in [0.2, 0.25) is 0 Å². The van der Waals surface area contributed by atoms with Gasteiger partial charge in [0.15, 0.2) is 6.61 Å². The predicted molar refractivity (Wildman–Crippen MR) is 122 cm³/mol. The summed E-state index contributed by atoms with van der Waals surface area (Å²) in [5.74, 6) is -0.726. The van der Waals surface area contributed by atoms with Crippen molar-refractivity contribution in [1.29, 1.82) is 0 Å². The van der Waals surface area contributed by atoms with Crippen molar-refractivity contribution < 1.29 is 14.3 Å². The van der Waals surface area contributed by atoms with Gasteiger partial charge in [-0.05, 0) is 19.1 Å². The van der Waals surface area contributed by atoms with Crippen LogP contribution in [0.1, 0.15) is 5.69 Å². The van der Waals surface area contributed by atoms with Crippen molar-refractivity contribution in [1.82, 2.24) is 14.3 Å². The van der Waals surface area contributed by atoms with Gasteiger partial charge >= 0.3 is 10.8 Å². The largest absolute Gasteiger partial charge is 0.454 e. The van der Waals surface area contributed by atoms with Gasteiger partial charge in [0, 0.05) is 22.7 Å². The zero-order valence-electron chi connectivity index (χ0n) is 17.2. The first-order valence-electron chi connectivity index (χ1n) is 9.82. The third-order valence-corrected chi connectivity index (χ3v) is 5.56. The number of aromatic nitrogens is 3. The summed E-state index contributed by atoms with van der Waals surface area (Å²) in [6, 6.07) is 20.8. The van der Waals surface area contributed by atoms with Gasteiger partial charge in [0.25, 0.3) is 5.91 Å². The van der Waals surface area contributed by atoms with Crippen LogP contribution in [-0.2, 0) is 20.9 Å². The molecule has 0 saturated carbocycles. The van der Waals surface area contributed by atoms with Crippen molar-refractivity contribution in [3.05, 3.63) is 87.5 Å². The summed E-state index contributed by atoms with van der Waals surface area (Å²) in [7, 11) is 0. The third-order valence-electron chi connectivity index (χ3n) is 4.68. The second kappa shape index (κ2) is 9.44. The highest BCUT2D eigenvalue weighted by Crippen LogP contribution is 2.24. The average molecular weight is 449 g/mol. The van der Waals surface area contributed by atoms with Gasteiger partial charge in [-0.2, -0.15) is 5.10 Å². The third kappa shape index (κ3) is 4.84. The molecule has 4 rings (SSSR count). The molecular weight excluding hydrogens is 428 g/mol. The van der Waals surface area contributed by atoms with E-state index >= 15 is 0 Å². The highest BCUT2D eigenvalue weighted by Gasteiger charge is 2.16. The highest BCUT2D eigenvalue weighted by atomic mass is 32.1. The van der Waals surface area contributed by atoms with Gasteiger partial charge in [0.05, 0.1) is 11.4 Å². The summed E-state index contributed by atoms with van der Waals surface area (Å²) < 4.78 is 7.99. The Balaban J connectivity index is 1.48.